The van der Waals surface area contributed by atoms with Crippen molar-refractivity contribution in [2.24, 2.45) is 0 Å². The van der Waals surface area contributed by atoms with Crippen molar-refractivity contribution in [3.8, 4) is 0 Å². The van der Waals surface area contributed by atoms with E-state index in [9.17, 15) is 4.39 Å². The van der Waals surface area contributed by atoms with Gasteiger partial charge in [0.25, 0.3) is 0 Å². The van der Waals surface area contributed by atoms with Gasteiger partial charge in [0.15, 0.2) is 11.6 Å². The summed E-state index contributed by atoms with van der Waals surface area (Å²) in [5.74, 6) is 0.229. The van der Waals surface area contributed by atoms with E-state index >= 15 is 0 Å². The largest absolute Gasteiger partial charge is 0.372 e. The van der Waals surface area contributed by atoms with Crippen LogP contribution in [-0.4, -0.2) is 40.2 Å². The van der Waals surface area contributed by atoms with E-state index in [4.69, 9.17) is 4.74 Å². The van der Waals surface area contributed by atoms with Crippen LogP contribution >= 0.6 is 0 Å². The van der Waals surface area contributed by atoms with E-state index in [1.165, 1.54) is 12.4 Å². The topological polar surface area (TPSA) is 51.1 Å². The van der Waals surface area contributed by atoms with Gasteiger partial charge in [-0.1, -0.05) is 0 Å². The minimum absolute atomic E-state index is 0.113. The van der Waals surface area contributed by atoms with Crippen LogP contribution in [0.25, 0.3) is 11.0 Å². The monoisotopic (exact) mass is 262 g/mol. The summed E-state index contributed by atoms with van der Waals surface area (Å²) in [6.07, 6.45) is 4.47. The molecule has 5 nitrogen and oxygen atoms in total. The maximum absolute atomic E-state index is 13.7. The molecule has 1 saturated heterocycles. The van der Waals surface area contributed by atoms with Crippen molar-refractivity contribution in [1.29, 1.82) is 0 Å². The SMILES string of the molecule is CC1CN(c2ncc(F)c3nccnc23)CC(C)O1. The minimum atomic E-state index is -0.443. The Labute approximate surface area is 110 Å². The lowest BCUT2D eigenvalue weighted by molar-refractivity contribution is -0.00537. The van der Waals surface area contributed by atoms with Crippen molar-refractivity contribution in [2.45, 2.75) is 26.1 Å². The lowest BCUT2D eigenvalue weighted by atomic mass is 10.2. The molecule has 100 valence electrons. The molecule has 3 rings (SSSR count). The molecule has 0 aliphatic carbocycles. The zero-order chi connectivity index (χ0) is 13.4. The second kappa shape index (κ2) is 4.70. The highest BCUT2D eigenvalue weighted by Crippen LogP contribution is 2.25. The lowest BCUT2D eigenvalue weighted by Gasteiger charge is -2.36. The van der Waals surface area contributed by atoms with Crippen LogP contribution in [0.5, 0.6) is 0 Å². The van der Waals surface area contributed by atoms with Crippen LogP contribution in [-0.2, 0) is 4.74 Å². The zero-order valence-corrected chi connectivity index (χ0v) is 10.9. The first kappa shape index (κ1) is 12.2. The van der Waals surface area contributed by atoms with Gasteiger partial charge in [-0.25, -0.2) is 19.3 Å². The van der Waals surface area contributed by atoms with Gasteiger partial charge >= 0.3 is 0 Å². The number of aromatic nitrogens is 3. The first-order valence-electron chi connectivity index (χ1n) is 6.31. The van der Waals surface area contributed by atoms with E-state index in [1.807, 2.05) is 13.8 Å². The number of ether oxygens (including phenoxy) is 1. The fraction of sp³-hybridized carbons (Fsp3) is 0.462. The van der Waals surface area contributed by atoms with Gasteiger partial charge in [0, 0.05) is 25.5 Å². The highest BCUT2D eigenvalue weighted by Gasteiger charge is 2.25. The average molecular weight is 262 g/mol. The van der Waals surface area contributed by atoms with Crippen molar-refractivity contribution in [2.75, 3.05) is 18.0 Å². The Bertz CT molecular complexity index is 596. The maximum atomic E-state index is 13.7. The molecule has 0 bridgehead atoms. The standard InChI is InChI=1S/C13H15FN4O/c1-8-6-18(7-9(2)19-8)13-12-11(10(14)5-17-13)15-3-4-16-12/h3-5,8-9H,6-7H2,1-2H3. The fourth-order valence-electron chi connectivity index (χ4n) is 2.50. The van der Waals surface area contributed by atoms with E-state index in [0.717, 1.165) is 0 Å². The van der Waals surface area contributed by atoms with Gasteiger partial charge in [-0.15, -0.1) is 0 Å². The van der Waals surface area contributed by atoms with Crippen LogP contribution in [0.1, 0.15) is 13.8 Å². The molecule has 0 N–H and O–H groups in total. The number of halogens is 1. The van der Waals surface area contributed by atoms with Gasteiger partial charge in [0.05, 0.1) is 18.4 Å². The molecule has 3 heterocycles. The van der Waals surface area contributed by atoms with Crippen molar-refractivity contribution < 1.29 is 9.13 Å². The van der Waals surface area contributed by atoms with Crippen molar-refractivity contribution in [1.82, 2.24) is 15.0 Å². The molecule has 2 unspecified atom stereocenters. The number of anilines is 1. The first-order chi connectivity index (χ1) is 9.15. The molecule has 6 heteroatoms. The molecule has 1 aliphatic heterocycles. The summed E-state index contributed by atoms with van der Waals surface area (Å²) in [6, 6.07) is 0. The van der Waals surface area contributed by atoms with E-state index in [1.54, 1.807) is 6.20 Å². The normalized spacial score (nSPS) is 23.8. The van der Waals surface area contributed by atoms with Gasteiger partial charge in [-0.3, -0.25) is 0 Å². The molecule has 0 amide bonds. The van der Waals surface area contributed by atoms with E-state index < -0.39 is 5.82 Å². The summed E-state index contributed by atoms with van der Waals surface area (Å²) in [6.45, 7) is 5.46. The van der Waals surface area contributed by atoms with Crippen LogP contribution in [0.2, 0.25) is 0 Å². The number of nitrogens with zero attached hydrogens (tertiary/aromatic N) is 4. The van der Waals surface area contributed by atoms with Gasteiger partial charge < -0.3 is 9.64 Å². The quantitative estimate of drug-likeness (QED) is 0.784. The summed E-state index contributed by atoms with van der Waals surface area (Å²) >= 11 is 0. The minimum Gasteiger partial charge on any atom is -0.372 e. The molecule has 0 radical (unpaired) electrons. The molecular weight excluding hydrogens is 247 g/mol. The van der Waals surface area contributed by atoms with Gasteiger partial charge in [-0.2, -0.15) is 0 Å². The fourth-order valence-corrected chi connectivity index (χ4v) is 2.50. The van der Waals surface area contributed by atoms with Crippen LogP contribution in [0.4, 0.5) is 10.2 Å². The Morgan fingerprint density at radius 2 is 1.74 bits per heavy atom. The van der Waals surface area contributed by atoms with E-state index in [2.05, 4.69) is 19.9 Å². The maximum Gasteiger partial charge on any atom is 0.169 e. The number of hydrogen-bond acceptors (Lipinski definition) is 5. The van der Waals surface area contributed by atoms with Crippen molar-refractivity contribution >= 4 is 16.9 Å². The predicted molar refractivity (Wildman–Crippen MR) is 69.5 cm³/mol. The molecule has 1 aliphatic rings. The number of rotatable bonds is 1. The Balaban J connectivity index is 2.07. The van der Waals surface area contributed by atoms with Crippen LogP contribution in [0.3, 0.4) is 0 Å². The van der Waals surface area contributed by atoms with Gasteiger partial charge in [0.2, 0.25) is 0 Å². The van der Waals surface area contributed by atoms with Crippen LogP contribution < -0.4 is 4.90 Å². The number of hydrogen-bond donors (Lipinski definition) is 0. The third-order valence-corrected chi connectivity index (χ3v) is 3.16. The van der Waals surface area contributed by atoms with E-state index in [0.29, 0.717) is 24.4 Å². The summed E-state index contributed by atoms with van der Waals surface area (Å²) in [4.78, 5) is 14.5. The number of morpholine rings is 1. The highest BCUT2D eigenvalue weighted by molar-refractivity contribution is 5.85. The molecule has 0 spiro atoms. The third-order valence-electron chi connectivity index (χ3n) is 3.16. The molecule has 19 heavy (non-hydrogen) atoms. The zero-order valence-electron chi connectivity index (χ0n) is 10.9. The lowest BCUT2D eigenvalue weighted by Crippen LogP contribution is -2.46. The number of pyridine rings is 1. The summed E-state index contributed by atoms with van der Waals surface area (Å²) < 4.78 is 19.4. The first-order valence-corrected chi connectivity index (χ1v) is 6.31. The van der Waals surface area contributed by atoms with Gasteiger partial charge in [0.1, 0.15) is 11.0 Å². The van der Waals surface area contributed by atoms with Crippen molar-refractivity contribution in [3.63, 3.8) is 0 Å². The molecule has 0 aromatic carbocycles. The Hall–Kier alpha value is -1.82. The summed E-state index contributed by atoms with van der Waals surface area (Å²) in [5.41, 5.74) is 0.767. The second-order valence-corrected chi connectivity index (χ2v) is 4.85. The Morgan fingerprint density at radius 1 is 1.11 bits per heavy atom. The van der Waals surface area contributed by atoms with Crippen molar-refractivity contribution in [3.05, 3.63) is 24.4 Å². The predicted octanol–water partition coefficient (Wildman–Crippen LogP) is 1.78. The molecule has 1 fully saturated rings. The molecule has 0 saturated carbocycles. The Kier molecular flexibility index (Phi) is 3.02. The highest BCUT2D eigenvalue weighted by atomic mass is 19.1. The van der Waals surface area contributed by atoms with E-state index in [-0.39, 0.29) is 17.7 Å². The van der Waals surface area contributed by atoms with Crippen LogP contribution in [0.15, 0.2) is 18.6 Å². The second-order valence-electron chi connectivity index (χ2n) is 4.85. The molecular formula is C13H15FN4O. The molecule has 2 aromatic rings. The van der Waals surface area contributed by atoms with Crippen LogP contribution in [0, 0.1) is 5.82 Å². The molecule has 2 aromatic heterocycles. The smallest absolute Gasteiger partial charge is 0.169 e. The number of fused-ring (bicyclic) bond motifs is 1. The van der Waals surface area contributed by atoms with Gasteiger partial charge in [-0.05, 0) is 13.8 Å². The molecule has 2 atom stereocenters. The summed E-state index contributed by atoms with van der Waals surface area (Å²) in [5, 5.41) is 0. The Morgan fingerprint density at radius 3 is 2.42 bits per heavy atom. The third kappa shape index (κ3) is 2.23. The summed E-state index contributed by atoms with van der Waals surface area (Å²) in [7, 11) is 0. The average Bonchev–Trinajstić information content (AvgIpc) is 2.38.